The fourth-order valence-corrected chi connectivity index (χ4v) is 5.54. The molecule has 2 aliphatic heterocycles. The number of hydrogen-bond donors (Lipinski definition) is 1. The highest BCUT2D eigenvalue weighted by Crippen LogP contribution is 2.37. The predicted octanol–water partition coefficient (Wildman–Crippen LogP) is 1.95. The van der Waals surface area contributed by atoms with Crippen molar-refractivity contribution in [1.29, 1.82) is 0 Å². The van der Waals surface area contributed by atoms with Gasteiger partial charge in [-0.1, -0.05) is 0 Å². The van der Waals surface area contributed by atoms with Crippen LogP contribution in [0.25, 0.3) is 10.2 Å². The highest BCUT2D eigenvalue weighted by molar-refractivity contribution is 7.18. The number of amides is 1. The number of ether oxygens (including phenoxy) is 2. The van der Waals surface area contributed by atoms with Gasteiger partial charge in [-0.25, -0.2) is 4.79 Å². The van der Waals surface area contributed by atoms with Gasteiger partial charge in [0.2, 0.25) is 5.91 Å². The standard InChI is InChI=1S/C21H29N3O5S/c1-12(2)24-19-17(14-8-21(3,4)29-11-15(14)30-19)18(26)23(20(24)27)10-16(25)22-9-13-6-5-7-28-13/h12-13H,5-11H2,1-4H3,(H,22,25). The Morgan fingerprint density at radius 1 is 1.33 bits per heavy atom. The smallest absolute Gasteiger partial charge is 0.332 e. The number of nitrogens with zero attached hydrogens (tertiary/aromatic N) is 2. The third kappa shape index (κ3) is 3.86. The number of fused-ring (bicyclic) bond motifs is 3. The van der Waals surface area contributed by atoms with Crippen LogP contribution in [0.5, 0.6) is 0 Å². The van der Waals surface area contributed by atoms with Gasteiger partial charge in [-0.15, -0.1) is 11.3 Å². The first kappa shape index (κ1) is 21.3. The Hall–Kier alpha value is -1.97. The van der Waals surface area contributed by atoms with Crippen molar-refractivity contribution >= 4 is 27.5 Å². The Labute approximate surface area is 178 Å². The molecule has 1 fully saturated rings. The number of aromatic nitrogens is 2. The van der Waals surface area contributed by atoms with Crippen LogP contribution in [0.4, 0.5) is 0 Å². The maximum Gasteiger partial charge on any atom is 0.332 e. The third-order valence-corrected chi connectivity index (χ3v) is 6.96. The zero-order chi connectivity index (χ0) is 21.6. The average molecular weight is 436 g/mol. The summed E-state index contributed by atoms with van der Waals surface area (Å²) in [5.41, 5.74) is -0.280. The van der Waals surface area contributed by atoms with E-state index < -0.39 is 11.2 Å². The van der Waals surface area contributed by atoms with Crippen LogP contribution >= 0.6 is 11.3 Å². The van der Waals surface area contributed by atoms with Crippen molar-refractivity contribution in [3.63, 3.8) is 0 Å². The van der Waals surface area contributed by atoms with Gasteiger partial charge in [-0.3, -0.25) is 18.7 Å². The summed E-state index contributed by atoms with van der Waals surface area (Å²) in [7, 11) is 0. The lowest BCUT2D eigenvalue weighted by Gasteiger charge is -2.29. The predicted molar refractivity (Wildman–Crippen MR) is 115 cm³/mol. The Morgan fingerprint density at radius 2 is 2.10 bits per heavy atom. The molecule has 0 spiro atoms. The van der Waals surface area contributed by atoms with Gasteiger partial charge in [-0.2, -0.15) is 0 Å². The van der Waals surface area contributed by atoms with Crippen molar-refractivity contribution in [3.05, 3.63) is 31.3 Å². The number of carbonyl (C=O) groups excluding carboxylic acids is 1. The number of thiophene rings is 1. The molecular formula is C21H29N3O5S. The van der Waals surface area contributed by atoms with Crippen molar-refractivity contribution < 1.29 is 14.3 Å². The van der Waals surface area contributed by atoms with E-state index in [1.165, 1.54) is 11.3 Å². The minimum absolute atomic E-state index is 0.00611. The molecule has 0 aliphatic carbocycles. The number of nitrogens with one attached hydrogen (secondary N) is 1. The molecule has 1 amide bonds. The van der Waals surface area contributed by atoms with E-state index in [0.29, 0.717) is 36.4 Å². The van der Waals surface area contributed by atoms with Crippen molar-refractivity contribution in [1.82, 2.24) is 14.5 Å². The van der Waals surface area contributed by atoms with Crippen molar-refractivity contribution in [2.24, 2.45) is 0 Å². The van der Waals surface area contributed by atoms with E-state index in [2.05, 4.69) is 5.32 Å². The average Bonchev–Trinajstić information content (AvgIpc) is 3.30. The van der Waals surface area contributed by atoms with Crippen molar-refractivity contribution in [2.75, 3.05) is 13.2 Å². The van der Waals surface area contributed by atoms with Gasteiger partial charge in [0.05, 0.1) is 23.7 Å². The summed E-state index contributed by atoms with van der Waals surface area (Å²) in [5, 5.41) is 3.35. The lowest BCUT2D eigenvalue weighted by atomic mass is 9.94. The van der Waals surface area contributed by atoms with Crippen LogP contribution in [0, 0.1) is 0 Å². The second-order valence-electron chi connectivity index (χ2n) is 8.99. The second kappa shape index (κ2) is 7.94. The first-order valence-corrected chi connectivity index (χ1v) is 11.3. The third-order valence-electron chi connectivity index (χ3n) is 5.75. The summed E-state index contributed by atoms with van der Waals surface area (Å²) in [4.78, 5) is 40.7. The molecule has 0 saturated carbocycles. The zero-order valence-corrected chi connectivity index (χ0v) is 18.8. The Bertz CT molecular complexity index is 1090. The molecule has 2 aromatic rings. The molecule has 30 heavy (non-hydrogen) atoms. The molecule has 8 nitrogen and oxygen atoms in total. The van der Waals surface area contributed by atoms with Gasteiger partial charge in [-0.05, 0) is 46.1 Å². The van der Waals surface area contributed by atoms with E-state index in [0.717, 1.165) is 27.8 Å². The molecule has 4 heterocycles. The molecule has 0 aromatic carbocycles. The van der Waals surface area contributed by atoms with Gasteiger partial charge >= 0.3 is 5.69 Å². The molecule has 2 aliphatic rings. The van der Waals surface area contributed by atoms with Gasteiger partial charge in [0.25, 0.3) is 5.56 Å². The maximum absolute atomic E-state index is 13.4. The zero-order valence-electron chi connectivity index (χ0n) is 17.9. The normalized spacial score (nSPS) is 20.6. The molecule has 4 rings (SSSR count). The molecule has 2 aromatic heterocycles. The molecule has 9 heteroatoms. The molecule has 1 atom stereocenters. The monoisotopic (exact) mass is 435 g/mol. The molecule has 1 saturated heterocycles. The topological polar surface area (TPSA) is 91.6 Å². The van der Waals surface area contributed by atoms with Gasteiger partial charge < -0.3 is 14.8 Å². The summed E-state index contributed by atoms with van der Waals surface area (Å²) < 4.78 is 14.1. The second-order valence-corrected chi connectivity index (χ2v) is 10.1. The van der Waals surface area contributed by atoms with Crippen molar-refractivity contribution in [3.8, 4) is 0 Å². The molecule has 0 bridgehead atoms. The highest BCUT2D eigenvalue weighted by Gasteiger charge is 2.32. The molecule has 164 valence electrons. The van der Waals surface area contributed by atoms with Crippen LogP contribution in [0.15, 0.2) is 9.59 Å². The van der Waals surface area contributed by atoms with Gasteiger partial charge in [0.15, 0.2) is 0 Å². The van der Waals surface area contributed by atoms with Crippen LogP contribution in [-0.4, -0.2) is 39.9 Å². The molecule has 1 N–H and O–H groups in total. The minimum atomic E-state index is -0.450. The summed E-state index contributed by atoms with van der Waals surface area (Å²) in [5.74, 6) is -0.355. The van der Waals surface area contributed by atoms with Crippen LogP contribution in [0.3, 0.4) is 0 Å². The summed E-state index contributed by atoms with van der Waals surface area (Å²) >= 11 is 1.45. The van der Waals surface area contributed by atoms with E-state index in [9.17, 15) is 14.4 Å². The van der Waals surface area contributed by atoms with E-state index >= 15 is 0 Å². The summed E-state index contributed by atoms with van der Waals surface area (Å²) in [6.45, 7) is 9.04. The van der Waals surface area contributed by atoms with Gasteiger partial charge in [0.1, 0.15) is 11.4 Å². The Kier molecular flexibility index (Phi) is 5.63. The first-order valence-electron chi connectivity index (χ1n) is 10.5. The van der Waals surface area contributed by atoms with E-state index in [-0.39, 0.29) is 30.2 Å². The van der Waals surface area contributed by atoms with Crippen molar-refractivity contribution in [2.45, 2.75) is 77.9 Å². The largest absolute Gasteiger partial charge is 0.376 e. The fraction of sp³-hybridized carbons (Fsp3) is 0.667. The first-order chi connectivity index (χ1) is 14.2. The SMILES string of the molecule is CC(C)n1c(=O)n(CC(=O)NCC2CCCO2)c(=O)c2c3c(sc21)COC(C)(C)C3. The van der Waals surface area contributed by atoms with Crippen LogP contribution in [0.2, 0.25) is 0 Å². The highest BCUT2D eigenvalue weighted by atomic mass is 32.1. The van der Waals surface area contributed by atoms with E-state index in [4.69, 9.17) is 9.47 Å². The fourth-order valence-electron chi connectivity index (χ4n) is 4.20. The Balaban J connectivity index is 1.75. The van der Waals surface area contributed by atoms with Crippen LogP contribution < -0.4 is 16.6 Å². The quantitative estimate of drug-likeness (QED) is 0.775. The lowest BCUT2D eigenvalue weighted by Crippen LogP contribution is -2.45. The molecular weight excluding hydrogens is 406 g/mol. The van der Waals surface area contributed by atoms with Crippen LogP contribution in [0.1, 0.15) is 57.0 Å². The number of carbonyl (C=O) groups is 1. The van der Waals surface area contributed by atoms with Crippen LogP contribution in [-0.2, 0) is 33.8 Å². The molecule has 1 unspecified atom stereocenters. The minimum Gasteiger partial charge on any atom is -0.376 e. The number of rotatable bonds is 5. The van der Waals surface area contributed by atoms with Gasteiger partial charge in [0, 0.05) is 30.5 Å². The van der Waals surface area contributed by atoms with E-state index in [1.54, 1.807) is 4.57 Å². The summed E-state index contributed by atoms with van der Waals surface area (Å²) in [6, 6.07) is -0.143. The summed E-state index contributed by atoms with van der Waals surface area (Å²) in [6.07, 6.45) is 2.50. The number of hydrogen-bond acceptors (Lipinski definition) is 6. The maximum atomic E-state index is 13.4. The van der Waals surface area contributed by atoms with E-state index in [1.807, 2.05) is 27.7 Å². The molecule has 0 radical (unpaired) electrons. The Morgan fingerprint density at radius 3 is 2.77 bits per heavy atom. The lowest BCUT2D eigenvalue weighted by molar-refractivity contribution is -0.122.